The second kappa shape index (κ2) is 12.7. The van der Waals surface area contributed by atoms with E-state index in [-0.39, 0.29) is 5.92 Å². The molecule has 1 aromatic heterocycles. The maximum Gasteiger partial charge on any atom is 0.306 e. The van der Waals surface area contributed by atoms with Crippen molar-refractivity contribution >= 4 is 23.0 Å². The van der Waals surface area contributed by atoms with Gasteiger partial charge in [0.05, 0.1) is 18.2 Å². The molecule has 0 unspecified atom stereocenters. The van der Waals surface area contributed by atoms with Crippen molar-refractivity contribution in [2.45, 2.75) is 78.4 Å². The van der Waals surface area contributed by atoms with Gasteiger partial charge in [0.25, 0.3) is 0 Å². The number of aromatic nitrogens is 1. The third kappa shape index (κ3) is 6.99. The fourth-order valence-electron chi connectivity index (χ4n) is 5.29. The van der Waals surface area contributed by atoms with Crippen molar-refractivity contribution in [3.63, 3.8) is 0 Å². The lowest BCUT2D eigenvalue weighted by atomic mass is 9.94. The van der Waals surface area contributed by atoms with E-state index in [4.69, 9.17) is 4.98 Å². The Hall–Kier alpha value is -2.70. The van der Waals surface area contributed by atoms with Crippen LogP contribution in [0.2, 0.25) is 0 Å². The summed E-state index contributed by atoms with van der Waals surface area (Å²) in [7, 11) is 0. The number of nitrogens with zero attached hydrogens (tertiary/aromatic N) is 3. The van der Waals surface area contributed by atoms with Gasteiger partial charge in [-0.1, -0.05) is 50.2 Å². The van der Waals surface area contributed by atoms with E-state index in [1.54, 1.807) is 11.3 Å². The van der Waals surface area contributed by atoms with Gasteiger partial charge in [0.15, 0.2) is 0 Å². The van der Waals surface area contributed by atoms with E-state index in [0.29, 0.717) is 12.0 Å². The summed E-state index contributed by atoms with van der Waals surface area (Å²) in [6, 6.07) is 18.4. The van der Waals surface area contributed by atoms with E-state index >= 15 is 0 Å². The second-order valence-corrected chi connectivity index (χ2v) is 11.5. The lowest BCUT2D eigenvalue weighted by molar-refractivity contribution is -0.143. The van der Waals surface area contributed by atoms with Gasteiger partial charge in [0.2, 0.25) is 0 Å². The highest BCUT2D eigenvalue weighted by Gasteiger charge is 2.25. The zero-order valence-corrected chi connectivity index (χ0v) is 23.5. The molecule has 1 saturated heterocycles. The number of piperidine rings is 1. The molecule has 2 heterocycles. The van der Waals surface area contributed by atoms with Crippen LogP contribution in [-0.2, 0) is 17.9 Å². The zero-order chi connectivity index (χ0) is 26.4. The van der Waals surface area contributed by atoms with Gasteiger partial charge in [0.1, 0.15) is 5.01 Å². The van der Waals surface area contributed by atoms with Crippen LogP contribution >= 0.6 is 11.3 Å². The summed E-state index contributed by atoms with van der Waals surface area (Å²) in [6.45, 7) is 12.4. The largest absolute Gasteiger partial charge is 0.481 e. The standard InChI is InChI=1S/C31H41N3O2S/c1-5-24(6-2)25-11-13-28(14-12-25)34(22(3)4)19-23-7-9-26(10-8-23)29-21-37-30(32-29)20-33-17-15-27(16-18-33)31(35)36/h7-14,21-22,24,27H,5-6,15-20H2,1-4H3,(H,35,36). The molecule has 198 valence electrons. The SMILES string of the molecule is CCC(CC)c1ccc(N(Cc2ccc(-c3csc(CN4CCC(C(=O)O)CC4)n3)cc2)C(C)C)cc1. The van der Waals surface area contributed by atoms with Gasteiger partial charge in [-0.2, -0.15) is 0 Å². The van der Waals surface area contributed by atoms with E-state index in [9.17, 15) is 9.90 Å². The van der Waals surface area contributed by atoms with Gasteiger partial charge in [-0.15, -0.1) is 11.3 Å². The van der Waals surface area contributed by atoms with Crippen molar-refractivity contribution in [2.24, 2.45) is 5.92 Å². The number of carboxylic acids is 1. The van der Waals surface area contributed by atoms with Crippen LogP contribution in [0, 0.1) is 5.92 Å². The Morgan fingerprint density at radius 3 is 2.27 bits per heavy atom. The fourth-order valence-corrected chi connectivity index (χ4v) is 6.14. The van der Waals surface area contributed by atoms with Gasteiger partial charge >= 0.3 is 5.97 Å². The molecule has 0 amide bonds. The quantitative estimate of drug-likeness (QED) is 0.286. The Labute approximate surface area is 226 Å². The molecule has 2 aromatic carbocycles. The third-order valence-corrected chi connectivity index (χ3v) is 8.59. The van der Waals surface area contributed by atoms with Gasteiger partial charge in [-0.25, -0.2) is 4.98 Å². The summed E-state index contributed by atoms with van der Waals surface area (Å²) >= 11 is 1.69. The van der Waals surface area contributed by atoms with Gasteiger partial charge in [-0.05, 0) is 81.8 Å². The monoisotopic (exact) mass is 519 g/mol. The highest BCUT2D eigenvalue weighted by Crippen LogP contribution is 2.28. The minimum Gasteiger partial charge on any atom is -0.481 e. The smallest absolute Gasteiger partial charge is 0.306 e. The van der Waals surface area contributed by atoms with Crippen molar-refractivity contribution in [3.8, 4) is 11.3 Å². The Balaban J connectivity index is 1.37. The van der Waals surface area contributed by atoms with Crippen LogP contribution < -0.4 is 4.90 Å². The maximum atomic E-state index is 11.2. The molecule has 0 radical (unpaired) electrons. The minimum atomic E-state index is -0.661. The molecule has 5 nitrogen and oxygen atoms in total. The molecule has 4 rings (SSSR count). The molecule has 6 heteroatoms. The Bertz CT molecular complexity index is 1130. The normalized spacial score (nSPS) is 15.0. The third-order valence-electron chi connectivity index (χ3n) is 7.76. The molecule has 0 saturated carbocycles. The highest BCUT2D eigenvalue weighted by atomic mass is 32.1. The van der Waals surface area contributed by atoms with Gasteiger partial charge in [0, 0.05) is 29.2 Å². The molecule has 37 heavy (non-hydrogen) atoms. The molecule has 0 atom stereocenters. The summed E-state index contributed by atoms with van der Waals surface area (Å²) in [5.41, 5.74) is 6.16. The lowest BCUT2D eigenvalue weighted by Crippen LogP contribution is -2.35. The van der Waals surface area contributed by atoms with Crippen molar-refractivity contribution < 1.29 is 9.90 Å². The molecular formula is C31H41N3O2S. The fraction of sp³-hybridized carbons (Fsp3) is 0.484. The van der Waals surface area contributed by atoms with E-state index in [1.807, 2.05) is 0 Å². The predicted octanol–water partition coefficient (Wildman–Crippen LogP) is 7.43. The second-order valence-electron chi connectivity index (χ2n) is 10.5. The van der Waals surface area contributed by atoms with E-state index in [0.717, 1.165) is 55.3 Å². The predicted molar refractivity (Wildman–Crippen MR) is 154 cm³/mol. The molecule has 1 N–H and O–H groups in total. The van der Waals surface area contributed by atoms with Crippen LogP contribution in [0.15, 0.2) is 53.9 Å². The number of carboxylic acid groups (broad SMARTS) is 1. The molecule has 1 fully saturated rings. The van der Waals surface area contributed by atoms with Crippen LogP contribution in [0.3, 0.4) is 0 Å². The first-order valence-electron chi connectivity index (χ1n) is 13.7. The van der Waals surface area contributed by atoms with Crippen molar-refractivity contribution in [1.29, 1.82) is 0 Å². The van der Waals surface area contributed by atoms with Crippen LogP contribution in [0.1, 0.15) is 75.4 Å². The number of aliphatic carboxylic acids is 1. The number of likely N-dealkylation sites (tertiary alicyclic amines) is 1. The summed E-state index contributed by atoms with van der Waals surface area (Å²) in [5.74, 6) is -0.210. The topological polar surface area (TPSA) is 56.7 Å². The number of anilines is 1. The number of hydrogen-bond acceptors (Lipinski definition) is 5. The number of carbonyl (C=O) groups is 1. The summed E-state index contributed by atoms with van der Waals surface area (Å²) in [4.78, 5) is 20.9. The Morgan fingerprint density at radius 1 is 1.05 bits per heavy atom. The maximum absolute atomic E-state index is 11.2. The highest BCUT2D eigenvalue weighted by molar-refractivity contribution is 7.09. The summed E-state index contributed by atoms with van der Waals surface area (Å²) in [5, 5.41) is 12.4. The van der Waals surface area contributed by atoms with Crippen LogP contribution in [-0.4, -0.2) is 40.1 Å². The van der Waals surface area contributed by atoms with Crippen molar-refractivity contribution in [2.75, 3.05) is 18.0 Å². The van der Waals surface area contributed by atoms with Crippen LogP contribution in [0.4, 0.5) is 5.69 Å². The minimum absolute atomic E-state index is 0.193. The van der Waals surface area contributed by atoms with E-state index in [2.05, 4.69) is 91.4 Å². The molecular weight excluding hydrogens is 478 g/mol. The number of hydrogen-bond donors (Lipinski definition) is 1. The number of benzene rings is 2. The molecule has 0 bridgehead atoms. The molecule has 1 aliphatic heterocycles. The van der Waals surface area contributed by atoms with E-state index in [1.165, 1.54) is 29.7 Å². The van der Waals surface area contributed by atoms with Crippen LogP contribution in [0.25, 0.3) is 11.3 Å². The van der Waals surface area contributed by atoms with Gasteiger partial charge < -0.3 is 10.0 Å². The van der Waals surface area contributed by atoms with Crippen molar-refractivity contribution in [3.05, 3.63) is 70.0 Å². The Kier molecular flexibility index (Phi) is 9.38. The number of rotatable bonds is 11. The summed E-state index contributed by atoms with van der Waals surface area (Å²) < 4.78 is 0. The first-order chi connectivity index (χ1) is 17.9. The Morgan fingerprint density at radius 2 is 1.70 bits per heavy atom. The summed E-state index contributed by atoms with van der Waals surface area (Å²) in [6.07, 6.45) is 3.82. The lowest BCUT2D eigenvalue weighted by Gasteiger charge is -2.30. The molecule has 3 aromatic rings. The average Bonchev–Trinajstić information content (AvgIpc) is 3.37. The zero-order valence-electron chi connectivity index (χ0n) is 22.7. The number of thiazole rings is 1. The molecule has 0 aliphatic carbocycles. The van der Waals surface area contributed by atoms with E-state index < -0.39 is 5.97 Å². The van der Waals surface area contributed by atoms with Crippen LogP contribution in [0.5, 0.6) is 0 Å². The first kappa shape index (κ1) is 27.3. The first-order valence-corrected chi connectivity index (χ1v) is 14.6. The molecule has 0 spiro atoms. The van der Waals surface area contributed by atoms with Crippen molar-refractivity contribution in [1.82, 2.24) is 9.88 Å². The molecule has 1 aliphatic rings. The average molecular weight is 520 g/mol. The van der Waals surface area contributed by atoms with Gasteiger partial charge in [-0.3, -0.25) is 9.69 Å².